The summed E-state index contributed by atoms with van der Waals surface area (Å²) in [5.41, 5.74) is 9.34. The van der Waals surface area contributed by atoms with Gasteiger partial charge in [0.1, 0.15) is 0 Å². The van der Waals surface area contributed by atoms with Crippen LogP contribution in [0.15, 0.2) is 24.0 Å². The Kier molecular flexibility index (Phi) is 3.55. The minimum atomic E-state index is -1.08. The van der Waals surface area contributed by atoms with E-state index in [1.54, 1.807) is 0 Å². The molecule has 0 unspecified atom stereocenters. The summed E-state index contributed by atoms with van der Waals surface area (Å²) in [5, 5.41) is 8.94. The molecule has 0 aliphatic rings. The topological polar surface area (TPSA) is 106 Å². The van der Waals surface area contributed by atoms with E-state index in [4.69, 9.17) is 16.6 Å². The van der Waals surface area contributed by atoms with Gasteiger partial charge in [0.05, 0.1) is 5.57 Å². The van der Waals surface area contributed by atoms with Gasteiger partial charge in [-0.1, -0.05) is 6.08 Å². The van der Waals surface area contributed by atoms with E-state index in [2.05, 4.69) is 6.58 Å². The highest BCUT2D eigenvalue weighted by Crippen LogP contribution is 2.05. The van der Waals surface area contributed by atoms with Crippen LogP contribution in [0, 0.1) is 0 Å². The van der Waals surface area contributed by atoms with Crippen molar-refractivity contribution in [3.8, 4) is 0 Å². The maximum Gasteiger partial charge on any atom is 0.284 e. The van der Waals surface area contributed by atoms with Crippen molar-refractivity contribution in [1.29, 1.82) is 0 Å². The van der Waals surface area contributed by atoms with Gasteiger partial charge in [-0.15, -0.1) is 6.58 Å². The molecule has 0 fully saturated rings. The van der Waals surface area contributed by atoms with Crippen molar-refractivity contribution in [1.82, 2.24) is 0 Å². The zero-order valence-corrected chi connectivity index (χ0v) is 6.41. The molecule has 0 aromatic carbocycles. The van der Waals surface area contributed by atoms with Crippen molar-refractivity contribution in [2.24, 2.45) is 11.5 Å². The van der Waals surface area contributed by atoms with E-state index < -0.39 is 17.6 Å². The number of amides is 2. The quantitative estimate of drug-likeness (QED) is 0.296. The second-order valence-electron chi connectivity index (χ2n) is 2.05. The molecule has 0 aliphatic carbocycles. The average molecular weight is 170 g/mol. The zero-order valence-electron chi connectivity index (χ0n) is 6.41. The Morgan fingerprint density at radius 3 is 2.08 bits per heavy atom. The van der Waals surface area contributed by atoms with Crippen molar-refractivity contribution >= 4 is 11.8 Å². The lowest BCUT2D eigenvalue weighted by molar-refractivity contribution is -0.119. The van der Waals surface area contributed by atoms with Gasteiger partial charge in [0.2, 0.25) is 5.91 Å². The van der Waals surface area contributed by atoms with Crippen LogP contribution < -0.4 is 11.5 Å². The van der Waals surface area contributed by atoms with Crippen LogP contribution in [0.5, 0.6) is 0 Å². The third-order valence-corrected chi connectivity index (χ3v) is 1.17. The molecule has 0 aromatic heterocycles. The number of rotatable bonds is 4. The number of carbonyl (C=O) groups is 2. The van der Waals surface area contributed by atoms with Crippen molar-refractivity contribution in [3.05, 3.63) is 24.0 Å². The molecule has 5 N–H and O–H groups in total. The summed E-state index contributed by atoms with van der Waals surface area (Å²) in [6, 6.07) is 0. The van der Waals surface area contributed by atoms with Crippen molar-refractivity contribution < 1.29 is 14.7 Å². The minimum Gasteiger partial charge on any atom is -0.503 e. The highest BCUT2D eigenvalue weighted by atomic mass is 16.3. The lowest BCUT2D eigenvalue weighted by Gasteiger charge is -2.00. The molecule has 66 valence electrons. The van der Waals surface area contributed by atoms with Crippen LogP contribution >= 0.6 is 0 Å². The first-order valence-electron chi connectivity index (χ1n) is 3.13. The van der Waals surface area contributed by atoms with Crippen LogP contribution in [-0.2, 0) is 9.59 Å². The van der Waals surface area contributed by atoms with Gasteiger partial charge in [-0.3, -0.25) is 9.59 Å². The van der Waals surface area contributed by atoms with Gasteiger partial charge in [-0.2, -0.15) is 0 Å². The van der Waals surface area contributed by atoms with E-state index >= 15 is 0 Å². The third kappa shape index (κ3) is 2.45. The molecule has 0 atom stereocenters. The highest BCUT2D eigenvalue weighted by molar-refractivity contribution is 6.01. The fourth-order valence-corrected chi connectivity index (χ4v) is 0.607. The van der Waals surface area contributed by atoms with Gasteiger partial charge in [0.15, 0.2) is 5.76 Å². The number of carbonyl (C=O) groups excluding carboxylic acids is 2. The minimum absolute atomic E-state index is 0.0180. The van der Waals surface area contributed by atoms with Gasteiger partial charge in [-0.05, 0) is 6.42 Å². The Morgan fingerprint density at radius 2 is 1.83 bits per heavy atom. The SMILES string of the molecule is C=CC/C(C(N)=O)=C(\O)C(N)=O. The molecule has 0 spiro atoms. The Hall–Kier alpha value is -1.78. The average Bonchev–Trinajstić information content (AvgIpc) is 1.98. The Labute approximate surface area is 69.3 Å². The Morgan fingerprint density at radius 1 is 1.33 bits per heavy atom. The molecule has 0 saturated carbocycles. The van der Waals surface area contributed by atoms with Crippen molar-refractivity contribution in [2.45, 2.75) is 6.42 Å². The van der Waals surface area contributed by atoms with Gasteiger partial charge in [-0.25, -0.2) is 0 Å². The number of nitrogens with two attached hydrogens (primary N) is 2. The van der Waals surface area contributed by atoms with Crippen molar-refractivity contribution in [3.63, 3.8) is 0 Å². The number of hydrogen-bond donors (Lipinski definition) is 3. The predicted octanol–water partition coefficient (Wildman–Crippen LogP) is -0.655. The highest BCUT2D eigenvalue weighted by Gasteiger charge is 2.14. The van der Waals surface area contributed by atoms with Gasteiger partial charge >= 0.3 is 0 Å². The summed E-state index contributed by atoms with van der Waals surface area (Å²) < 4.78 is 0. The second-order valence-corrected chi connectivity index (χ2v) is 2.05. The zero-order chi connectivity index (χ0) is 9.72. The molecule has 0 rings (SSSR count). The first kappa shape index (κ1) is 10.2. The molecule has 0 radical (unpaired) electrons. The fraction of sp³-hybridized carbons (Fsp3) is 0.143. The summed E-state index contributed by atoms with van der Waals surface area (Å²) in [4.78, 5) is 21.0. The molecule has 12 heavy (non-hydrogen) atoms. The maximum atomic E-state index is 10.6. The molecule has 0 aliphatic heterocycles. The van der Waals surface area contributed by atoms with Crippen LogP contribution in [0.3, 0.4) is 0 Å². The van der Waals surface area contributed by atoms with E-state index in [-0.39, 0.29) is 12.0 Å². The Balaban J connectivity index is 4.92. The molecule has 0 bridgehead atoms. The number of allylic oxidation sites excluding steroid dienone is 1. The van der Waals surface area contributed by atoms with E-state index in [0.29, 0.717) is 0 Å². The lowest BCUT2D eigenvalue weighted by atomic mass is 10.1. The standard InChI is InChI=1S/C7H10N2O3/c1-2-3-4(6(8)11)5(10)7(9)12/h2,10H,1,3H2,(H2,8,11)(H2,9,12)/b5-4+. The fourth-order valence-electron chi connectivity index (χ4n) is 0.607. The summed E-state index contributed by atoms with van der Waals surface area (Å²) in [5.74, 6) is -2.76. The first-order valence-corrected chi connectivity index (χ1v) is 3.13. The molecule has 0 aromatic rings. The normalized spacial score (nSPS) is 11.7. The summed E-state index contributed by atoms with van der Waals surface area (Å²) in [6.45, 7) is 3.32. The number of aliphatic hydroxyl groups is 1. The summed E-state index contributed by atoms with van der Waals surface area (Å²) in [6.07, 6.45) is 1.35. The molecular weight excluding hydrogens is 160 g/mol. The summed E-state index contributed by atoms with van der Waals surface area (Å²) >= 11 is 0. The van der Waals surface area contributed by atoms with Crippen LogP contribution in [0.4, 0.5) is 0 Å². The first-order chi connectivity index (χ1) is 5.50. The van der Waals surface area contributed by atoms with Gasteiger partial charge in [0.25, 0.3) is 5.91 Å². The number of aliphatic hydroxyl groups excluding tert-OH is 1. The monoisotopic (exact) mass is 170 g/mol. The smallest absolute Gasteiger partial charge is 0.284 e. The number of primary amides is 2. The van der Waals surface area contributed by atoms with Crippen molar-refractivity contribution in [2.75, 3.05) is 0 Å². The van der Waals surface area contributed by atoms with Gasteiger partial charge < -0.3 is 16.6 Å². The van der Waals surface area contributed by atoms with E-state index in [9.17, 15) is 9.59 Å². The molecule has 5 nitrogen and oxygen atoms in total. The molecule has 0 heterocycles. The third-order valence-electron chi connectivity index (χ3n) is 1.17. The molecule has 0 saturated heterocycles. The molecular formula is C7H10N2O3. The van der Waals surface area contributed by atoms with Crippen LogP contribution in [0.25, 0.3) is 0 Å². The molecule has 5 heteroatoms. The van der Waals surface area contributed by atoms with Crippen LogP contribution in [-0.4, -0.2) is 16.9 Å². The van der Waals surface area contributed by atoms with E-state index in [0.717, 1.165) is 0 Å². The second kappa shape index (κ2) is 4.17. The largest absolute Gasteiger partial charge is 0.503 e. The number of hydrogen-bond acceptors (Lipinski definition) is 3. The van der Waals surface area contributed by atoms with Gasteiger partial charge in [0, 0.05) is 0 Å². The van der Waals surface area contributed by atoms with E-state index in [1.165, 1.54) is 6.08 Å². The predicted molar refractivity (Wildman–Crippen MR) is 42.9 cm³/mol. The van der Waals surface area contributed by atoms with Crippen LogP contribution in [0.2, 0.25) is 0 Å². The maximum absolute atomic E-state index is 10.6. The molecule has 2 amide bonds. The Bertz CT molecular complexity index is 255. The van der Waals surface area contributed by atoms with E-state index in [1.807, 2.05) is 0 Å². The summed E-state index contributed by atoms with van der Waals surface area (Å²) in [7, 11) is 0. The van der Waals surface area contributed by atoms with Crippen LogP contribution in [0.1, 0.15) is 6.42 Å². The lowest BCUT2D eigenvalue weighted by Crippen LogP contribution is -2.22.